The van der Waals surface area contributed by atoms with Gasteiger partial charge in [0.05, 0.1) is 0 Å². The van der Waals surface area contributed by atoms with Gasteiger partial charge in [0.15, 0.2) is 0 Å². The van der Waals surface area contributed by atoms with Gasteiger partial charge in [-0.3, -0.25) is 0 Å². The first kappa shape index (κ1) is 9.72. The molecule has 0 aromatic heterocycles. The molecule has 0 N–H and O–H groups in total. The van der Waals surface area contributed by atoms with E-state index >= 15 is 0 Å². The average Bonchev–Trinajstić information content (AvgIpc) is 2.15. The van der Waals surface area contributed by atoms with Gasteiger partial charge < -0.3 is 9.69 Å². The first-order valence-corrected chi connectivity index (χ1v) is 4.98. The Labute approximate surface area is 74.9 Å². The molecule has 70 valence electrons. The highest BCUT2D eigenvalue weighted by Crippen LogP contribution is 2.21. The van der Waals surface area contributed by atoms with Gasteiger partial charge in [-0.2, -0.15) is 0 Å². The normalized spacial score (nSPS) is 19.8. The maximum atomic E-state index is 10.2. The summed E-state index contributed by atoms with van der Waals surface area (Å²) in [6, 6.07) is 0.749. The van der Waals surface area contributed by atoms with E-state index in [1.807, 2.05) is 0 Å². The van der Waals surface area contributed by atoms with E-state index in [2.05, 4.69) is 11.9 Å². The largest absolute Gasteiger partial charge is 0.303 e. The highest BCUT2D eigenvalue weighted by molar-refractivity contribution is 5.49. The molecule has 0 unspecified atom stereocenters. The van der Waals surface area contributed by atoms with E-state index in [1.54, 1.807) is 0 Å². The van der Waals surface area contributed by atoms with Gasteiger partial charge >= 0.3 is 0 Å². The van der Waals surface area contributed by atoms with Crippen LogP contribution in [0.5, 0.6) is 0 Å². The zero-order valence-corrected chi connectivity index (χ0v) is 7.96. The van der Waals surface area contributed by atoms with Crippen molar-refractivity contribution in [2.75, 3.05) is 13.6 Å². The van der Waals surface area contributed by atoms with Gasteiger partial charge in [0.25, 0.3) is 0 Å². The summed E-state index contributed by atoms with van der Waals surface area (Å²) in [7, 11) is 2.14. The SMILES string of the molecule is CN(CCC=O)C1CCCCC1. The number of hydrogen-bond donors (Lipinski definition) is 0. The zero-order valence-electron chi connectivity index (χ0n) is 7.96. The number of nitrogens with zero attached hydrogens (tertiary/aromatic N) is 1. The fourth-order valence-corrected chi connectivity index (χ4v) is 1.96. The fraction of sp³-hybridized carbons (Fsp3) is 0.900. The van der Waals surface area contributed by atoms with Crippen LogP contribution < -0.4 is 0 Å². The van der Waals surface area contributed by atoms with Crippen LogP contribution in [0.4, 0.5) is 0 Å². The lowest BCUT2D eigenvalue weighted by Gasteiger charge is -2.30. The molecular formula is C10H19NO. The van der Waals surface area contributed by atoms with Crippen molar-refractivity contribution in [2.45, 2.75) is 44.6 Å². The molecule has 1 rings (SSSR count). The first-order chi connectivity index (χ1) is 5.84. The van der Waals surface area contributed by atoms with Crippen LogP contribution in [-0.4, -0.2) is 30.8 Å². The minimum Gasteiger partial charge on any atom is -0.303 e. The molecule has 0 bridgehead atoms. The van der Waals surface area contributed by atoms with E-state index in [-0.39, 0.29) is 0 Å². The summed E-state index contributed by atoms with van der Waals surface area (Å²) >= 11 is 0. The van der Waals surface area contributed by atoms with Gasteiger partial charge in [-0.1, -0.05) is 19.3 Å². The standard InChI is InChI=1S/C10H19NO/c1-11(8-5-9-12)10-6-3-2-4-7-10/h9-10H,2-8H2,1H3. The van der Waals surface area contributed by atoms with E-state index in [0.717, 1.165) is 18.9 Å². The lowest BCUT2D eigenvalue weighted by molar-refractivity contribution is -0.108. The molecule has 2 heteroatoms. The summed E-state index contributed by atoms with van der Waals surface area (Å²) in [5.74, 6) is 0. The van der Waals surface area contributed by atoms with Crippen LogP contribution in [0.15, 0.2) is 0 Å². The second-order valence-electron chi connectivity index (χ2n) is 3.73. The maximum absolute atomic E-state index is 10.2. The predicted molar refractivity (Wildman–Crippen MR) is 50.2 cm³/mol. The van der Waals surface area contributed by atoms with Crippen LogP contribution in [-0.2, 0) is 4.79 Å². The Hall–Kier alpha value is -0.370. The smallest absolute Gasteiger partial charge is 0.121 e. The molecule has 1 fully saturated rings. The number of carbonyl (C=O) groups is 1. The molecule has 12 heavy (non-hydrogen) atoms. The average molecular weight is 169 g/mol. The Morgan fingerprint density at radius 3 is 2.58 bits per heavy atom. The third-order valence-electron chi connectivity index (χ3n) is 2.80. The Balaban J connectivity index is 2.19. The minimum atomic E-state index is 0.687. The van der Waals surface area contributed by atoms with Crippen LogP contribution in [0.25, 0.3) is 0 Å². The van der Waals surface area contributed by atoms with Crippen molar-refractivity contribution in [1.29, 1.82) is 0 Å². The molecular weight excluding hydrogens is 150 g/mol. The van der Waals surface area contributed by atoms with Crippen molar-refractivity contribution < 1.29 is 4.79 Å². The van der Waals surface area contributed by atoms with Crippen LogP contribution in [0.3, 0.4) is 0 Å². The predicted octanol–water partition coefficient (Wildman–Crippen LogP) is 1.84. The lowest BCUT2D eigenvalue weighted by Crippen LogP contribution is -2.34. The summed E-state index contributed by atoms with van der Waals surface area (Å²) in [6.45, 7) is 0.939. The number of hydrogen-bond acceptors (Lipinski definition) is 2. The van der Waals surface area contributed by atoms with Gasteiger partial charge in [0.1, 0.15) is 6.29 Å². The highest BCUT2D eigenvalue weighted by atomic mass is 16.1. The van der Waals surface area contributed by atoms with E-state index in [4.69, 9.17) is 0 Å². The maximum Gasteiger partial charge on any atom is 0.121 e. The molecule has 0 aromatic carbocycles. The summed E-state index contributed by atoms with van der Waals surface area (Å²) < 4.78 is 0. The van der Waals surface area contributed by atoms with Gasteiger partial charge in [0.2, 0.25) is 0 Å². The van der Waals surface area contributed by atoms with Crippen molar-refractivity contribution in [3.8, 4) is 0 Å². The van der Waals surface area contributed by atoms with Crippen molar-refractivity contribution >= 4 is 6.29 Å². The van der Waals surface area contributed by atoms with Crippen molar-refractivity contribution in [3.63, 3.8) is 0 Å². The quantitative estimate of drug-likeness (QED) is 0.598. The molecule has 0 atom stereocenters. The Bertz CT molecular complexity index is 130. The number of aldehydes is 1. The van der Waals surface area contributed by atoms with Crippen LogP contribution in [0.2, 0.25) is 0 Å². The minimum absolute atomic E-state index is 0.687. The molecule has 2 nitrogen and oxygen atoms in total. The Morgan fingerprint density at radius 2 is 2.00 bits per heavy atom. The second-order valence-corrected chi connectivity index (χ2v) is 3.73. The summed E-state index contributed by atoms with van der Waals surface area (Å²) in [5.41, 5.74) is 0. The number of rotatable bonds is 4. The van der Waals surface area contributed by atoms with Gasteiger partial charge in [-0.15, -0.1) is 0 Å². The van der Waals surface area contributed by atoms with Crippen molar-refractivity contribution in [2.24, 2.45) is 0 Å². The van der Waals surface area contributed by atoms with E-state index < -0.39 is 0 Å². The van der Waals surface area contributed by atoms with Crippen molar-refractivity contribution in [1.82, 2.24) is 4.90 Å². The lowest BCUT2D eigenvalue weighted by atomic mass is 9.94. The van der Waals surface area contributed by atoms with Gasteiger partial charge in [-0.25, -0.2) is 0 Å². The topological polar surface area (TPSA) is 20.3 Å². The summed E-state index contributed by atoms with van der Waals surface area (Å²) in [4.78, 5) is 12.5. The van der Waals surface area contributed by atoms with E-state index in [9.17, 15) is 4.79 Å². The van der Waals surface area contributed by atoms with E-state index in [1.165, 1.54) is 32.1 Å². The molecule has 1 aliphatic rings. The molecule has 0 aliphatic heterocycles. The zero-order chi connectivity index (χ0) is 8.81. The van der Waals surface area contributed by atoms with Crippen LogP contribution in [0, 0.1) is 0 Å². The molecule has 0 spiro atoms. The molecule has 0 amide bonds. The Kier molecular flexibility index (Phi) is 4.30. The summed E-state index contributed by atoms with van der Waals surface area (Å²) in [6.07, 6.45) is 8.50. The van der Waals surface area contributed by atoms with Crippen LogP contribution in [0.1, 0.15) is 38.5 Å². The Morgan fingerprint density at radius 1 is 1.33 bits per heavy atom. The molecule has 1 saturated carbocycles. The third kappa shape index (κ3) is 2.94. The molecule has 0 aromatic rings. The van der Waals surface area contributed by atoms with Gasteiger partial charge in [0, 0.05) is 19.0 Å². The summed E-state index contributed by atoms with van der Waals surface area (Å²) in [5, 5.41) is 0. The monoisotopic (exact) mass is 169 g/mol. The second kappa shape index (κ2) is 5.31. The van der Waals surface area contributed by atoms with E-state index in [0.29, 0.717) is 6.42 Å². The third-order valence-corrected chi connectivity index (χ3v) is 2.80. The molecule has 0 saturated heterocycles. The first-order valence-electron chi connectivity index (χ1n) is 4.98. The molecule has 0 heterocycles. The molecule has 1 aliphatic carbocycles. The number of carbonyl (C=O) groups excluding carboxylic acids is 1. The highest BCUT2D eigenvalue weighted by Gasteiger charge is 2.16. The molecule has 0 radical (unpaired) electrons. The fourth-order valence-electron chi connectivity index (χ4n) is 1.96. The van der Waals surface area contributed by atoms with Gasteiger partial charge in [-0.05, 0) is 19.9 Å². The van der Waals surface area contributed by atoms with Crippen LogP contribution >= 0.6 is 0 Å². The van der Waals surface area contributed by atoms with Crippen molar-refractivity contribution in [3.05, 3.63) is 0 Å².